The first-order valence-electron chi connectivity index (χ1n) is 4.13. The van der Waals surface area contributed by atoms with E-state index in [9.17, 15) is 0 Å². The van der Waals surface area contributed by atoms with Gasteiger partial charge in [-0.1, -0.05) is 0 Å². The molecule has 1 aromatic rings. The standard InChI is InChI=1S/C11H12Se/c1-2-3-7-10-12-11-8-5-4-6-9-11/h4-6,8-9H,2-3H2,1H3. The van der Waals surface area contributed by atoms with Crippen LogP contribution in [0.4, 0.5) is 0 Å². The summed E-state index contributed by atoms with van der Waals surface area (Å²) < 4.78 is 1.37. The van der Waals surface area contributed by atoms with Gasteiger partial charge in [-0.25, -0.2) is 0 Å². The van der Waals surface area contributed by atoms with Crippen molar-refractivity contribution in [3.63, 3.8) is 0 Å². The van der Waals surface area contributed by atoms with Crippen molar-refractivity contribution >= 4 is 19.4 Å². The van der Waals surface area contributed by atoms with Crippen molar-refractivity contribution < 1.29 is 0 Å². The number of rotatable bonds is 2. The third-order valence-corrected chi connectivity index (χ3v) is 2.94. The van der Waals surface area contributed by atoms with Crippen LogP contribution in [-0.4, -0.2) is 15.0 Å². The summed E-state index contributed by atoms with van der Waals surface area (Å²) >= 11 is 0.358. The van der Waals surface area contributed by atoms with Gasteiger partial charge in [-0.2, -0.15) is 0 Å². The molecule has 0 aliphatic carbocycles. The van der Waals surface area contributed by atoms with Crippen LogP contribution in [0.15, 0.2) is 30.3 Å². The number of hydrogen-bond acceptors (Lipinski definition) is 0. The Morgan fingerprint density at radius 2 is 2.00 bits per heavy atom. The molecule has 0 saturated heterocycles. The molecular formula is C11H12Se. The number of benzene rings is 1. The SMILES string of the molecule is CCCC#C[Se]c1ccccc1. The van der Waals surface area contributed by atoms with E-state index in [0.29, 0.717) is 15.0 Å². The molecule has 0 heterocycles. The molecule has 0 bridgehead atoms. The van der Waals surface area contributed by atoms with Crippen LogP contribution in [0.25, 0.3) is 0 Å². The Bertz CT molecular complexity index is 266. The molecule has 12 heavy (non-hydrogen) atoms. The van der Waals surface area contributed by atoms with E-state index in [2.05, 4.69) is 41.9 Å². The van der Waals surface area contributed by atoms with Crippen LogP contribution in [0.5, 0.6) is 0 Å². The zero-order valence-electron chi connectivity index (χ0n) is 7.21. The summed E-state index contributed by atoms with van der Waals surface area (Å²) in [6.45, 7) is 2.16. The fourth-order valence-electron chi connectivity index (χ4n) is 0.760. The predicted molar refractivity (Wildman–Crippen MR) is 54.5 cm³/mol. The normalized spacial score (nSPS) is 8.75. The van der Waals surface area contributed by atoms with E-state index in [1.807, 2.05) is 6.07 Å². The Labute approximate surface area is 80.5 Å². The molecule has 0 aliphatic heterocycles. The zero-order valence-corrected chi connectivity index (χ0v) is 8.92. The van der Waals surface area contributed by atoms with Crippen molar-refractivity contribution in [3.8, 4) is 10.7 Å². The molecule has 0 amide bonds. The summed E-state index contributed by atoms with van der Waals surface area (Å²) in [4.78, 5) is 3.22. The molecule has 0 spiro atoms. The average molecular weight is 223 g/mol. The van der Waals surface area contributed by atoms with Crippen molar-refractivity contribution in [1.82, 2.24) is 0 Å². The second-order valence-electron chi connectivity index (χ2n) is 2.44. The van der Waals surface area contributed by atoms with Gasteiger partial charge in [0.1, 0.15) is 0 Å². The second kappa shape index (κ2) is 5.89. The van der Waals surface area contributed by atoms with E-state index in [0.717, 1.165) is 12.8 Å². The third kappa shape index (κ3) is 3.62. The minimum absolute atomic E-state index is 0.358. The second-order valence-corrected chi connectivity index (χ2v) is 4.29. The van der Waals surface area contributed by atoms with Gasteiger partial charge in [0, 0.05) is 0 Å². The number of unbranched alkanes of at least 4 members (excludes halogenated alkanes) is 1. The first-order valence-corrected chi connectivity index (χ1v) is 5.84. The van der Waals surface area contributed by atoms with Crippen LogP contribution in [0, 0.1) is 10.7 Å². The van der Waals surface area contributed by atoms with E-state index < -0.39 is 0 Å². The van der Waals surface area contributed by atoms with Crippen LogP contribution in [0.2, 0.25) is 0 Å². The molecule has 62 valence electrons. The van der Waals surface area contributed by atoms with E-state index in [1.54, 1.807) is 0 Å². The van der Waals surface area contributed by atoms with E-state index in [-0.39, 0.29) is 0 Å². The van der Waals surface area contributed by atoms with E-state index in [1.165, 1.54) is 4.46 Å². The molecule has 0 N–H and O–H groups in total. The van der Waals surface area contributed by atoms with Crippen molar-refractivity contribution in [2.75, 3.05) is 0 Å². The minimum atomic E-state index is 0.358. The van der Waals surface area contributed by atoms with Gasteiger partial charge in [-0.15, -0.1) is 0 Å². The van der Waals surface area contributed by atoms with Gasteiger partial charge in [0.05, 0.1) is 0 Å². The Kier molecular flexibility index (Phi) is 4.61. The fraction of sp³-hybridized carbons (Fsp3) is 0.273. The molecule has 0 nitrogen and oxygen atoms in total. The van der Waals surface area contributed by atoms with Gasteiger partial charge in [0.2, 0.25) is 0 Å². The molecule has 0 aromatic heterocycles. The molecule has 0 aliphatic rings. The Hall–Kier alpha value is -0.701. The third-order valence-electron chi connectivity index (χ3n) is 1.36. The van der Waals surface area contributed by atoms with Gasteiger partial charge < -0.3 is 0 Å². The summed E-state index contributed by atoms with van der Waals surface area (Å²) in [5.41, 5.74) is 0. The zero-order chi connectivity index (χ0) is 8.65. The first kappa shape index (κ1) is 9.39. The first-order chi connectivity index (χ1) is 5.93. The molecule has 0 saturated carbocycles. The molecular weight excluding hydrogens is 211 g/mol. The van der Waals surface area contributed by atoms with Gasteiger partial charge in [-0.05, 0) is 0 Å². The van der Waals surface area contributed by atoms with Gasteiger partial charge >= 0.3 is 80.3 Å². The van der Waals surface area contributed by atoms with Crippen LogP contribution in [0.3, 0.4) is 0 Å². The summed E-state index contributed by atoms with van der Waals surface area (Å²) in [7, 11) is 0. The Morgan fingerprint density at radius 1 is 1.25 bits per heavy atom. The Balaban J connectivity index is 2.40. The number of hydrogen-bond donors (Lipinski definition) is 0. The molecule has 0 unspecified atom stereocenters. The summed E-state index contributed by atoms with van der Waals surface area (Å²) in [6, 6.07) is 10.5. The van der Waals surface area contributed by atoms with Crippen molar-refractivity contribution in [2.45, 2.75) is 19.8 Å². The Morgan fingerprint density at radius 3 is 2.67 bits per heavy atom. The van der Waals surface area contributed by atoms with Crippen LogP contribution in [0.1, 0.15) is 19.8 Å². The molecule has 0 radical (unpaired) electrons. The molecule has 0 atom stereocenters. The quantitative estimate of drug-likeness (QED) is 0.529. The maximum atomic E-state index is 3.22. The van der Waals surface area contributed by atoms with Crippen LogP contribution in [-0.2, 0) is 0 Å². The fourth-order valence-corrected chi connectivity index (χ4v) is 1.99. The molecule has 1 aromatic carbocycles. The predicted octanol–water partition coefficient (Wildman–Crippen LogP) is 1.78. The van der Waals surface area contributed by atoms with Crippen LogP contribution >= 0.6 is 0 Å². The topological polar surface area (TPSA) is 0 Å². The molecule has 0 fully saturated rings. The van der Waals surface area contributed by atoms with Gasteiger partial charge in [0.25, 0.3) is 0 Å². The summed E-state index contributed by atoms with van der Waals surface area (Å²) in [6.07, 6.45) is 2.20. The average Bonchev–Trinajstić information content (AvgIpc) is 2.14. The summed E-state index contributed by atoms with van der Waals surface area (Å²) in [5, 5.41) is 0. The van der Waals surface area contributed by atoms with E-state index >= 15 is 0 Å². The maximum absolute atomic E-state index is 3.22. The van der Waals surface area contributed by atoms with Gasteiger partial charge in [-0.3, -0.25) is 0 Å². The summed E-state index contributed by atoms with van der Waals surface area (Å²) in [5.74, 6) is 3.16. The van der Waals surface area contributed by atoms with E-state index in [4.69, 9.17) is 0 Å². The van der Waals surface area contributed by atoms with Gasteiger partial charge in [0.15, 0.2) is 0 Å². The van der Waals surface area contributed by atoms with Crippen LogP contribution < -0.4 is 4.46 Å². The van der Waals surface area contributed by atoms with Crippen molar-refractivity contribution in [2.24, 2.45) is 0 Å². The molecule has 1 rings (SSSR count). The van der Waals surface area contributed by atoms with Crippen molar-refractivity contribution in [3.05, 3.63) is 30.3 Å². The van der Waals surface area contributed by atoms with Crippen molar-refractivity contribution in [1.29, 1.82) is 0 Å². The monoisotopic (exact) mass is 224 g/mol. The molecule has 1 heteroatoms.